The summed E-state index contributed by atoms with van der Waals surface area (Å²) in [4.78, 5) is 26.8. The quantitative estimate of drug-likeness (QED) is 0.852. The standard InChI is InChI=1S/C14H15NO4.C2H6/c1-3-19-14(18)11-6-15-12-9(7-16)4-8(2)5-10(12)13(11)17;1-2/h4-6,16H,3,7H2,1-2H3,(H,15,17);1-2H3. The fourth-order valence-electron chi connectivity index (χ4n) is 2.05. The van der Waals surface area contributed by atoms with Crippen LogP contribution in [-0.4, -0.2) is 22.7 Å². The van der Waals surface area contributed by atoms with Gasteiger partial charge in [0.15, 0.2) is 0 Å². The van der Waals surface area contributed by atoms with Crippen LogP contribution in [0.5, 0.6) is 0 Å². The molecule has 0 saturated heterocycles. The lowest BCUT2D eigenvalue weighted by atomic mass is 10.0. The minimum Gasteiger partial charge on any atom is -0.462 e. The van der Waals surface area contributed by atoms with Gasteiger partial charge in [-0.3, -0.25) is 4.79 Å². The van der Waals surface area contributed by atoms with Gasteiger partial charge in [0, 0.05) is 17.1 Å². The van der Waals surface area contributed by atoms with Gasteiger partial charge in [0.2, 0.25) is 5.43 Å². The molecule has 2 aromatic rings. The molecule has 0 atom stereocenters. The lowest BCUT2D eigenvalue weighted by molar-refractivity contribution is 0.0524. The SMILES string of the molecule is CC.CCOC(=O)c1c[nH]c2c(CO)cc(C)cc2c1=O. The van der Waals surface area contributed by atoms with Crippen molar-refractivity contribution in [3.05, 3.63) is 45.2 Å². The van der Waals surface area contributed by atoms with E-state index in [1.54, 1.807) is 19.1 Å². The first-order chi connectivity index (χ1) is 10.1. The number of aliphatic hydroxyl groups excluding tert-OH is 1. The smallest absolute Gasteiger partial charge is 0.343 e. The van der Waals surface area contributed by atoms with Gasteiger partial charge in [-0.15, -0.1) is 0 Å². The Hall–Kier alpha value is -2.14. The van der Waals surface area contributed by atoms with Crippen LogP contribution < -0.4 is 5.43 Å². The number of aromatic amines is 1. The number of pyridine rings is 1. The fraction of sp³-hybridized carbons (Fsp3) is 0.375. The molecule has 0 aliphatic heterocycles. The van der Waals surface area contributed by atoms with Gasteiger partial charge in [0.25, 0.3) is 0 Å². The molecule has 0 saturated carbocycles. The zero-order chi connectivity index (χ0) is 16.0. The van der Waals surface area contributed by atoms with E-state index in [4.69, 9.17) is 4.74 Å². The second-order valence-corrected chi connectivity index (χ2v) is 4.26. The normalized spacial score (nSPS) is 9.95. The number of benzene rings is 1. The number of hydrogen-bond acceptors (Lipinski definition) is 4. The number of rotatable bonds is 3. The van der Waals surface area contributed by atoms with Crippen molar-refractivity contribution in [1.82, 2.24) is 4.98 Å². The van der Waals surface area contributed by atoms with E-state index in [9.17, 15) is 14.7 Å². The number of H-pyrrole nitrogens is 1. The summed E-state index contributed by atoms with van der Waals surface area (Å²) in [6.45, 7) is 7.55. The Kier molecular flexibility index (Phi) is 6.11. The van der Waals surface area contributed by atoms with E-state index in [1.807, 2.05) is 20.8 Å². The molecule has 0 amide bonds. The molecule has 1 heterocycles. The van der Waals surface area contributed by atoms with Gasteiger partial charge in [0.1, 0.15) is 5.56 Å². The predicted octanol–water partition coefficient (Wildman–Crippen LogP) is 2.53. The predicted molar refractivity (Wildman–Crippen MR) is 82.5 cm³/mol. The maximum absolute atomic E-state index is 12.3. The first kappa shape index (κ1) is 16.9. The zero-order valence-electron chi connectivity index (χ0n) is 12.8. The Morgan fingerprint density at radius 1 is 1.33 bits per heavy atom. The molecule has 0 aliphatic rings. The number of aliphatic hydroxyl groups is 1. The van der Waals surface area contributed by atoms with Gasteiger partial charge < -0.3 is 14.8 Å². The van der Waals surface area contributed by atoms with Gasteiger partial charge in [-0.05, 0) is 25.5 Å². The number of carbonyl (C=O) groups is 1. The van der Waals surface area contributed by atoms with Crippen molar-refractivity contribution in [3.63, 3.8) is 0 Å². The Labute approximate surface area is 123 Å². The molecule has 1 aromatic carbocycles. The Morgan fingerprint density at radius 2 is 2.00 bits per heavy atom. The van der Waals surface area contributed by atoms with Crippen molar-refractivity contribution in [2.45, 2.75) is 34.3 Å². The van der Waals surface area contributed by atoms with E-state index in [-0.39, 0.29) is 24.2 Å². The molecule has 5 nitrogen and oxygen atoms in total. The average molecular weight is 291 g/mol. The maximum atomic E-state index is 12.3. The summed E-state index contributed by atoms with van der Waals surface area (Å²) in [5.74, 6) is -0.641. The van der Waals surface area contributed by atoms with Gasteiger partial charge in [-0.25, -0.2) is 4.79 Å². The third-order valence-electron chi connectivity index (χ3n) is 2.88. The van der Waals surface area contributed by atoms with Crippen LogP contribution in [0.25, 0.3) is 10.9 Å². The van der Waals surface area contributed by atoms with Gasteiger partial charge in [-0.2, -0.15) is 0 Å². The van der Waals surface area contributed by atoms with E-state index in [0.717, 1.165) is 5.56 Å². The van der Waals surface area contributed by atoms with Gasteiger partial charge in [-0.1, -0.05) is 19.9 Å². The summed E-state index contributed by atoms with van der Waals surface area (Å²) in [7, 11) is 0. The molecule has 0 aliphatic carbocycles. The van der Waals surface area contributed by atoms with Crippen LogP contribution >= 0.6 is 0 Å². The number of ether oxygens (including phenoxy) is 1. The molecule has 1 aromatic heterocycles. The molecular weight excluding hydrogens is 270 g/mol. The molecule has 0 fully saturated rings. The van der Waals surface area contributed by atoms with Crippen molar-refractivity contribution in [2.24, 2.45) is 0 Å². The summed E-state index contributed by atoms with van der Waals surface area (Å²) in [6, 6.07) is 3.48. The highest BCUT2D eigenvalue weighted by Crippen LogP contribution is 2.17. The minimum atomic E-state index is -0.641. The average Bonchev–Trinajstić information content (AvgIpc) is 2.49. The van der Waals surface area contributed by atoms with Crippen molar-refractivity contribution in [3.8, 4) is 0 Å². The van der Waals surface area contributed by atoms with E-state index < -0.39 is 5.97 Å². The van der Waals surface area contributed by atoms with Crippen LogP contribution in [-0.2, 0) is 11.3 Å². The lowest BCUT2D eigenvalue weighted by Gasteiger charge is -2.07. The molecule has 0 unspecified atom stereocenters. The molecule has 2 N–H and O–H groups in total. The van der Waals surface area contributed by atoms with E-state index in [1.165, 1.54) is 6.20 Å². The summed E-state index contributed by atoms with van der Waals surface area (Å²) in [5, 5.41) is 9.68. The number of fused-ring (bicyclic) bond motifs is 1. The zero-order valence-corrected chi connectivity index (χ0v) is 12.8. The monoisotopic (exact) mass is 291 g/mol. The summed E-state index contributed by atoms with van der Waals surface area (Å²) in [5.41, 5.74) is 1.62. The lowest BCUT2D eigenvalue weighted by Crippen LogP contribution is -2.18. The van der Waals surface area contributed by atoms with Crippen LogP contribution in [0.2, 0.25) is 0 Å². The molecule has 0 spiro atoms. The largest absolute Gasteiger partial charge is 0.462 e. The summed E-state index contributed by atoms with van der Waals surface area (Å²) < 4.78 is 4.84. The fourth-order valence-corrected chi connectivity index (χ4v) is 2.05. The molecule has 114 valence electrons. The van der Waals surface area contributed by atoms with Crippen LogP contribution in [0.3, 0.4) is 0 Å². The van der Waals surface area contributed by atoms with Crippen molar-refractivity contribution in [1.29, 1.82) is 0 Å². The number of aryl methyl sites for hydroxylation is 1. The van der Waals surface area contributed by atoms with Gasteiger partial charge in [0.05, 0.1) is 18.7 Å². The minimum absolute atomic E-state index is 0.0242. The highest BCUT2D eigenvalue weighted by atomic mass is 16.5. The van der Waals surface area contributed by atoms with Crippen molar-refractivity contribution < 1.29 is 14.6 Å². The second-order valence-electron chi connectivity index (χ2n) is 4.26. The highest BCUT2D eigenvalue weighted by molar-refractivity contribution is 5.94. The third kappa shape index (κ3) is 3.49. The van der Waals surface area contributed by atoms with E-state index in [2.05, 4.69) is 4.98 Å². The Balaban J connectivity index is 0.00000106. The van der Waals surface area contributed by atoms with Crippen molar-refractivity contribution in [2.75, 3.05) is 6.61 Å². The molecular formula is C16H21NO4. The third-order valence-corrected chi connectivity index (χ3v) is 2.88. The van der Waals surface area contributed by atoms with Crippen LogP contribution in [0.4, 0.5) is 0 Å². The molecule has 21 heavy (non-hydrogen) atoms. The van der Waals surface area contributed by atoms with Gasteiger partial charge >= 0.3 is 5.97 Å². The number of aromatic nitrogens is 1. The number of carbonyl (C=O) groups excluding carboxylic acids is 1. The first-order valence-electron chi connectivity index (χ1n) is 7.01. The maximum Gasteiger partial charge on any atom is 0.343 e. The Bertz CT molecular complexity index is 688. The molecule has 5 heteroatoms. The number of nitrogens with one attached hydrogen (secondary N) is 1. The topological polar surface area (TPSA) is 79.4 Å². The highest BCUT2D eigenvalue weighted by Gasteiger charge is 2.15. The second kappa shape index (κ2) is 7.59. The van der Waals surface area contributed by atoms with Crippen molar-refractivity contribution >= 4 is 16.9 Å². The number of hydrogen-bond donors (Lipinski definition) is 2. The first-order valence-corrected chi connectivity index (χ1v) is 7.01. The van der Waals surface area contributed by atoms with Crippen LogP contribution in [0.1, 0.15) is 42.3 Å². The number of esters is 1. The molecule has 0 radical (unpaired) electrons. The van der Waals surface area contributed by atoms with Crippen LogP contribution in [0.15, 0.2) is 23.1 Å². The van der Waals surface area contributed by atoms with E-state index >= 15 is 0 Å². The van der Waals surface area contributed by atoms with Crippen LogP contribution in [0, 0.1) is 6.92 Å². The summed E-state index contributed by atoms with van der Waals surface area (Å²) >= 11 is 0. The molecule has 2 rings (SSSR count). The molecule has 0 bridgehead atoms. The summed E-state index contributed by atoms with van der Waals surface area (Å²) in [6.07, 6.45) is 1.33. The Morgan fingerprint density at radius 3 is 2.57 bits per heavy atom. The van der Waals surface area contributed by atoms with E-state index in [0.29, 0.717) is 16.5 Å².